The number of carbonyl (C=O) groups excluding carboxylic acids is 2. The number of piperidine rings is 2. The molecule has 2 saturated heterocycles. The molecule has 2 amide bonds. The van der Waals surface area contributed by atoms with E-state index in [9.17, 15) is 9.59 Å². The zero-order valence-corrected chi connectivity index (χ0v) is 15.5. The van der Waals surface area contributed by atoms with Gasteiger partial charge in [0, 0.05) is 50.4 Å². The van der Waals surface area contributed by atoms with E-state index in [2.05, 4.69) is 18.8 Å². The zero-order chi connectivity index (χ0) is 17.9. The van der Waals surface area contributed by atoms with Crippen LogP contribution in [0.5, 0.6) is 0 Å². The molecule has 0 saturated carbocycles. The van der Waals surface area contributed by atoms with Crippen molar-refractivity contribution in [2.24, 2.45) is 11.3 Å². The van der Waals surface area contributed by atoms with Gasteiger partial charge in [0.1, 0.15) is 6.54 Å². The van der Waals surface area contributed by atoms with Crippen LogP contribution in [0.25, 0.3) is 0 Å². The van der Waals surface area contributed by atoms with E-state index in [1.54, 1.807) is 12.5 Å². The van der Waals surface area contributed by atoms with Gasteiger partial charge in [-0.1, -0.05) is 13.8 Å². The molecule has 25 heavy (non-hydrogen) atoms. The molecule has 0 aliphatic carbocycles. The molecule has 0 N–H and O–H groups in total. The van der Waals surface area contributed by atoms with E-state index in [0.29, 0.717) is 18.9 Å². The van der Waals surface area contributed by atoms with Gasteiger partial charge in [-0.3, -0.25) is 9.59 Å². The standard InChI is InChI=1S/C19H30N4O2/c1-16(2)5-10-23-14-19(7-4-17(23)24)6-3-9-22(13-19)18(25)12-21-11-8-20-15-21/h8,11,15-16H,3-7,9-10,12-14H2,1-2H3. The van der Waals surface area contributed by atoms with Crippen molar-refractivity contribution in [3.63, 3.8) is 0 Å². The highest BCUT2D eigenvalue weighted by atomic mass is 16.2. The van der Waals surface area contributed by atoms with Gasteiger partial charge in [0.25, 0.3) is 0 Å². The highest BCUT2D eigenvalue weighted by Crippen LogP contribution is 2.39. The fourth-order valence-electron chi connectivity index (χ4n) is 4.11. The molecule has 1 atom stereocenters. The second-order valence-corrected chi connectivity index (χ2v) is 8.15. The summed E-state index contributed by atoms with van der Waals surface area (Å²) >= 11 is 0. The number of likely N-dealkylation sites (tertiary alicyclic amines) is 2. The van der Waals surface area contributed by atoms with E-state index in [-0.39, 0.29) is 17.2 Å². The number of nitrogens with zero attached hydrogens (tertiary/aromatic N) is 4. The van der Waals surface area contributed by atoms with Gasteiger partial charge in [0.15, 0.2) is 0 Å². The molecule has 1 aromatic heterocycles. The Bertz CT molecular complexity index is 599. The van der Waals surface area contributed by atoms with Crippen LogP contribution in [0, 0.1) is 11.3 Å². The molecule has 0 aromatic carbocycles. The number of aromatic nitrogens is 2. The van der Waals surface area contributed by atoms with Gasteiger partial charge in [-0.25, -0.2) is 4.98 Å². The molecule has 0 bridgehead atoms. The summed E-state index contributed by atoms with van der Waals surface area (Å²) < 4.78 is 1.82. The quantitative estimate of drug-likeness (QED) is 0.821. The van der Waals surface area contributed by atoms with Crippen LogP contribution in [0.15, 0.2) is 18.7 Å². The molecule has 2 aliphatic heterocycles. The maximum atomic E-state index is 12.6. The number of hydrogen-bond acceptors (Lipinski definition) is 3. The number of amides is 2. The Kier molecular flexibility index (Phi) is 5.45. The van der Waals surface area contributed by atoms with Crippen molar-refractivity contribution >= 4 is 11.8 Å². The first kappa shape index (κ1) is 18.0. The third kappa shape index (κ3) is 4.41. The summed E-state index contributed by atoms with van der Waals surface area (Å²) in [5.74, 6) is 1.04. The largest absolute Gasteiger partial charge is 0.342 e. The predicted molar refractivity (Wildman–Crippen MR) is 95.7 cm³/mol. The maximum absolute atomic E-state index is 12.6. The van der Waals surface area contributed by atoms with Crippen molar-refractivity contribution in [1.29, 1.82) is 0 Å². The third-order valence-corrected chi connectivity index (χ3v) is 5.62. The molecular formula is C19H30N4O2. The van der Waals surface area contributed by atoms with Crippen LogP contribution in [0.1, 0.15) is 46.0 Å². The van der Waals surface area contributed by atoms with Crippen LogP contribution < -0.4 is 0 Å². The molecule has 0 radical (unpaired) electrons. The van der Waals surface area contributed by atoms with Gasteiger partial charge in [0.2, 0.25) is 11.8 Å². The molecule has 6 heteroatoms. The fourth-order valence-corrected chi connectivity index (χ4v) is 4.11. The lowest BCUT2D eigenvalue weighted by atomic mass is 9.73. The Morgan fingerprint density at radius 3 is 2.88 bits per heavy atom. The molecule has 6 nitrogen and oxygen atoms in total. The number of imidazole rings is 1. The highest BCUT2D eigenvalue weighted by molar-refractivity contribution is 5.78. The molecule has 1 unspecified atom stereocenters. The zero-order valence-electron chi connectivity index (χ0n) is 15.5. The molecule has 3 heterocycles. The second kappa shape index (κ2) is 7.58. The molecule has 2 aliphatic rings. The average Bonchev–Trinajstić information content (AvgIpc) is 3.09. The Morgan fingerprint density at radius 1 is 1.32 bits per heavy atom. The summed E-state index contributed by atoms with van der Waals surface area (Å²) in [4.78, 5) is 33.0. The highest BCUT2D eigenvalue weighted by Gasteiger charge is 2.42. The molecular weight excluding hydrogens is 316 g/mol. The van der Waals surface area contributed by atoms with E-state index >= 15 is 0 Å². The van der Waals surface area contributed by atoms with Gasteiger partial charge >= 0.3 is 0 Å². The summed E-state index contributed by atoms with van der Waals surface area (Å²) in [5.41, 5.74) is 0.0910. The summed E-state index contributed by atoms with van der Waals surface area (Å²) in [7, 11) is 0. The Morgan fingerprint density at radius 2 is 2.16 bits per heavy atom. The summed E-state index contributed by atoms with van der Waals surface area (Å²) in [6.45, 7) is 8.02. The van der Waals surface area contributed by atoms with E-state index in [1.807, 2.05) is 20.6 Å². The van der Waals surface area contributed by atoms with Crippen molar-refractivity contribution in [1.82, 2.24) is 19.4 Å². The monoisotopic (exact) mass is 346 g/mol. The minimum absolute atomic E-state index is 0.0910. The van der Waals surface area contributed by atoms with Gasteiger partial charge in [-0.05, 0) is 31.6 Å². The third-order valence-electron chi connectivity index (χ3n) is 5.62. The molecule has 2 fully saturated rings. The topological polar surface area (TPSA) is 58.4 Å². The smallest absolute Gasteiger partial charge is 0.242 e. The predicted octanol–water partition coefficient (Wildman–Crippen LogP) is 2.16. The summed E-state index contributed by atoms with van der Waals surface area (Å²) in [6.07, 6.45) is 9.94. The van der Waals surface area contributed by atoms with E-state index in [0.717, 1.165) is 51.9 Å². The van der Waals surface area contributed by atoms with E-state index < -0.39 is 0 Å². The summed E-state index contributed by atoms with van der Waals surface area (Å²) in [5, 5.41) is 0. The lowest BCUT2D eigenvalue weighted by molar-refractivity contribution is -0.143. The fraction of sp³-hybridized carbons (Fsp3) is 0.737. The lowest BCUT2D eigenvalue weighted by Crippen LogP contribution is -2.55. The first-order valence-electron chi connectivity index (χ1n) is 9.49. The van der Waals surface area contributed by atoms with Crippen molar-refractivity contribution in [2.75, 3.05) is 26.2 Å². The van der Waals surface area contributed by atoms with Crippen molar-refractivity contribution in [3.8, 4) is 0 Å². The van der Waals surface area contributed by atoms with Gasteiger partial charge in [-0.2, -0.15) is 0 Å². The van der Waals surface area contributed by atoms with E-state index in [4.69, 9.17) is 0 Å². The Hall–Kier alpha value is -1.85. The minimum Gasteiger partial charge on any atom is -0.342 e. The second-order valence-electron chi connectivity index (χ2n) is 8.15. The van der Waals surface area contributed by atoms with Crippen LogP contribution in [0.2, 0.25) is 0 Å². The molecule has 1 aromatic rings. The van der Waals surface area contributed by atoms with Crippen LogP contribution in [0.4, 0.5) is 0 Å². The number of hydrogen-bond donors (Lipinski definition) is 0. The molecule has 138 valence electrons. The Balaban J connectivity index is 1.62. The van der Waals surface area contributed by atoms with Crippen LogP contribution in [0.3, 0.4) is 0 Å². The SMILES string of the molecule is CC(C)CCN1CC2(CCCN(C(=O)Cn3ccnc3)C2)CCC1=O. The van der Waals surface area contributed by atoms with Crippen LogP contribution in [-0.4, -0.2) is 57.3 Å². The van der Waals surface area contributed by atoms with Gasteiger partial charge in [-0.15, -0.1) is 0 Å². The normalized spacial score (nSPS) is 24.4. The van der Waals surface area contributed by atoms with Gasteiger partial charge < -0.3 is 14.4 Å². The molecule has 1 spiro atoms. The Labute approximate surface area is 150 Å². The van der Waals surface area contributed by atoms with Crippen molar-refractivity contribution < 1.29 is 9.59 Å². The minimum atomic E-state index is 0.0910. The molecule has 3 rings (SSSR count). The number of carbonyl (C=O) groups is 2. The van der Waals surface area contributed by atoms with Crippen molar-refractivity contribution in [3.05, 3.63) is 18.7 Å². The van der Waals surface area contributed by atoms with Crippen LogP contribution in [-0.2, 0) is 16.1 Å². The van der Waals surface area contributed by atoms with E-state index in [1.165, 1.54) is 0 Å². The number of rotatable bonds is 5. The first-order valence-corrected chi connectivity index (χ1v) is 9.49. The van der Waals surface area contributed by atoms with Crippen LogP contribution >= 0.6 is 0 Å². The van der Waals surface area contributed by atoms with Gasteiger partial charge in [0.05, 0.1) is 6.33 Å². The summed E-state index contributed by atoms with van der Waals surface area (Å²) in [6, 6.07) is 0. The van der Waals surface area contributed by atoms with Crippen molar-refractivity contribution in [2.45, 2.75) is 52.5 Å². The average molecular weight is 346 g/mol. The lowest BCUT2D eigenvalue weighted by Gasteiger charge is -2.48. The maximum Gasteiger partial charge on any atom is 0.242 e. The first-order chi connectivity index (χ1) is 12.0.